The molecule has 1 heterocycles. The quantitative estimate of drug-likeness (QED) is 0.773. The van der Waals surface area contributed by atoms with Crippen LogP contribution in [0.5, 0.6) is 5.75 Å². The first-order valence-electron chi connectivity index (χ1n) is 5.99. The molecule has 2 N–H and O–H groups in total. The van der Waals surface area contributed by atoms with Crippen molar-refractivity contribution in [2.75, 3.05) is 39.5 Å². The molecule has 1 saturated heterocycles. The van der Waals surface area contributed by atoms with Crippen LogP contribution in [0.15, 0.2) is 18.2 Å². The number of piperazine rings is 1. The van der Waals surface area contributed by atoms with Crippen LogP contribution in [0, 0.1) is 0 Å². The zero-order valence-electron chi connectivity index (χ0n) is 11.0. The van der Waals surface area contributed by atoms with Gasteiger partial charge in [-0.25, -0.2) is 0 Å². The smallest absolute Gasteiger partial charge is 0.254 e. The molecule has 1 aromatic carbocycles. The molecule has 1 aliphatic heterocycles. The second-order valence-electron chi connectivity index (χ2n) is 4.54. The van der Waals surface area contributed by atoms with Crippen molar-refractivity contribution >= 4 is 17.5 Å². The largest absolute Gasteiger partial charge is 0.497 e. The van der Waals surface area contributed by atoms with E-state index >= 15 is 0 Å². The van der Waals surface area contributed by atoms with E-state index in [0.717, 1.165) is 0 Å². The van der Waals surface area contributed by atoms with E-state index in [1.54, 1.807) is 30.1 Å². The summed E-state index contributed by atoms with van der Waals surface area (Å²) >= 11 is 0. The maximum absolute atomic E-state index is 12.3. The van der Waals surface area contributed by atoms with Gasteiger partial charge < -0.3 is 20.3 Å². The molecule has 6 nitrogen and oxygen atoms in total. The van der Waals surface area contributed by atoms with Gasteiger partial charge in [-0.2, -0.15) is 0 Å². The number of anilines is 1. The number of carbonyl (C=O) groups excluding carboxylic acids is 2. The van der Waals surface area contributed by atoms with Crippen molar-refractivity contribution in [3.63, 3.8) is 0 Å². The van der Waals surface area contributed by atoms with E-state index in [4.69, 9.17) is 10.5 Å². The third-order valence-corrected chi connectivity index (χ3v) is 3.16. The van der Waals surface area contributed by atoms with E-state index in [9.17, 15) is 9.59 Å². The van der Waals surface area contributed by atoms with Crippen molar-refractivity contribution in [2.24, 2.45) is 0 Å². The number of hydrogen-bond donors (Lipinski definition) is 1. The maximum atomic E-state index is 12.3. The Morgan fingerprint density at radius 1 is 1.32 bits per heavy atom. The standard InChI is InChI=1S/C13H17N3O3/c1-15-3-4-16(8-12(15)17)13(18)9-5-10(14)7-11(6-9)19-2/h5-7H,3-4,8,14H2,1-2H3. The highest BCUT2D eigenvalue weighted by Crippen LogP contribution is 2.20. The monoisotopic (exact) mass is 263 g/mol. The van der Waals surface area contributed by atoms with Crippen LogP contribution in [0.4, 0.5) is 5.69 Å². The highest BCUT2D eigenvalue weighted by atomic mass is 16.5. The van der Waals surface area contributed by atoms with Crippen molar-refractivity contribution in [1.82, 2.24) is 9.80 Å². The molecular formula is C13H17N3O3. The second-order valence-corrected chi connectivity index (χ2v) is 4.54. The number of nitrogen functional groups attached to an aromatic ring is 1. The number of rotatable bonds is 2. The van der Waals surface area contributed by atoms with E-state index in [0.29, 0.717) is 30.1 Å². The van der Waals surface area contributed by atoms with E-state index in [2.05, 4.69) is 0 Å². The number of hydrogen-bond acceptors (Lipinski definition) is 4. The summed E-state index contributed by atoms with van der Waals surface area (Å²) in [6.07, 6.45) is 0. The second kappa shape index (κ2) is 5.17. The first kappa shape index (κ1) is 13.2. The van der Waals surface area contributed by atoms with Gasteiger partial charge in [-0.3, -0.25) is 9.59 Å². The minimum absolute atomic E-state index is 0.0598. The van der Waals surface area contributed by atoms with Crippen LogP contribution in [0.25, 0.3) is 0 Å². The SMILES string of the molecule is COc1cc(N)cc(C(=O)N2CCN(C)C(=O)C2)c1. The number of amides is 2. The molecule has 0 saturated carbocycles. The van der Waals surface area contributed by atoms with Crippen molar-refractivity contribution in [1.29, 1.82) is 0 Å². The molecule has 0 aliphatic carbocycles. The molecule has 1 aliphatic rings. The fourth-order valence-corrected chi connectivity index (χ4v) is 1.98. The van der Waals surface area contributed by atoms with E-state index in [1.165, 1.54) is 12.0 Å². The third kappa shape index (κ3) is 2.78. The summed E-state index contributed by atoms with van der Waals surface area (Å²) in [5.41, 5.74) is 6.63. The Morgan fingerprint density at radius 2 is 2.05 bits per heavy atom. The van der Waals surface area contributed by atoms with Crippen LogP contribution < -0.4 is 10.5 Å². The molecule has 19 heavy (non-hydrogen) atoms. The molecule has 6 heteroatoms. The summed E-state index contributed by atoms with van der Waals surface area (Å²) < 4.78 is 5.09. The highest BCUT2D eigenvalue weighted by molar-refractivity contribution is 5.98. The molecule has 0 unspecified atom stereocenters. The lowest BCUT2D eigenvalue weighted by Crippen LogP contribution is -2.50. The number of nitrogens with zero attached hydrogens (tertiary/aromatic N) is 2. The summed E-state index contributed by atoms with van der Waals surface area (Å²) in [7, 11) is 3.25. The summed E-state index contributed by atoms with van der Waals surface area (Å²) in [5.74, 6) is 0.270. The lowest BCUT2D eigenvalue weighted by molar-refractivity contribution is -0.133. The van der Waals surface area contributed by atoms with Gasteiger partial charge in [0.05, 0.1) is 7.11 Å². The Kier molecular flexibility index (Phi) is 3.59. The van der Waals surface area contributed by atoms with Gasteiger partial charge in [0.15, 0.2) is 0 Å². The third-order valence-electron chi connectivity index (χ3n) is 3.16. The molecule has 102 valence electrons. The van der Waals surface area contributed by atoms with Gasteiger partial charge in [0.25, 0.3) is 5.91 Å². The Balaban J connectivity index is 2.20. The lowest BCUT2D eigenvalue weighted by atomic mass is 10.1. The van der Waals surface area contributed by atoms with E-state index in [-0.39, 0.29) is 18.4 Å². The zero-order valence-corrected chi connectivity index (χ0v) is 11.0. The molecule has 0 spiro atoms. The number of ether oxygens (including phenoxy) is 1. The zero-order chi connectivity index (χ0) is 14.0. The number of methoxy groups -OCH3 is 1. The number of likely N-dealkylation sites (N-methyl/N-ethyl adjacent to an activating group) is 1. The van der Waals surface area contributed by atoms with E-state index in [1.807, 2.05) is 0 Å². The van der Waals surface area contributed by atoms with Crippen LogP contribution in [0.2, 0.25) is 0 Å². The van der Waals surface area contributed by atoms with Crippen LogP contribution >= 0.6 is 0 Å². The Morgan fingerprint density at radius 3 is 2.68 bits per heavy atom. The minimum atomic E-state index is -0.202. The summed E-state index contributed by atoms with van der Waals surface area (Å²) in [5, 5.41) is 0. The average Bonchev–Trinajstić information content (AvgIpc) is 2.40. The van der Waals surface area contributed by atoms with Gasteiger partial charge in [0, 0.05) is 37.5 Å². The summed E-state index contributed by atoms with van der Waals surface area (Å²) in [6, 6.07) is 4.86. The highest BCUT2D eigenvalue weighted by Gasteiger charge is 2.25. The first-order valence-corrected chi connectivity index (χ1v) is 5.99. The number of carbonyl (C=O) groups is 2. The van der Waals surface area contributed by atoms with Crippen LogP contribution in [-0.2, 0) is 4.79 Å². The summed E-state index contributed by atoms with van der Waals surface area (Å²) in [4.78, 5) is 27.1. The summed E-state index contributed by atoms with van der Waals surface area (Å²) in [6.45, 7) is 1.18. The molecule has 0 radical (unpaired) electrons. The van der Waals surface area contributed by atoms with Crippen molar-refractivity contribution in [3.8, 4) is 5.75 Å². The van der Waals surface area contributed by atoms with Gasteiger partial charge in [-0.1, -0.05) is 0 Å². The number of benzene rings is 1. The van der Waals surface area contributed by atoms with Gasteiger partial charge in [-0.05, 0) is 12.1 Å². The number of nitrogens with two attached hydrogens (primary N) is 1. The van der Waals surface area contributed by atoms with Gasteiger partial charge >= 0.3 is 0 Å². The molecule has 2 rings (SSSR count). The molecule has 0 atom stereocenters. The van der Waals surface area contributed by atoms with Crippen molar-refractivity contribution in [3.05, 3.63) is 23.8 Å². The molecule has 1 aromatic rings. The molecule has 1 fully saturated rings. The Labute approximate surface area is 111 Å². The van der Waals surface area contributed by atoms with Crippen LogP contribution in [0.3, 0.4) is 0 Å². The Bertz CT molecular complexity index is 516. The van der Waals surface area contributed by atoms with Crippen LogP contribution in [-0.4, -0.2) is 55.4 Å². The van der Waals surface area contributed by atoms with Gasteiger partial charge in [-0.15, -0.1) is 0 Å². The normalized spacial score (nSPS) is 15.6. The van der Waals surface area contributed by atoms with Gasteiger partial charge in [0.1, 0.15) is 12.3 Å². The topological polar surface area (TPSA) is 75.9 Å². The predicted molar refractivity (Wildman–Crippen MR) is 70.9 cm³/mol. The fraction of sp³-hybridized carbons (Fsp3) is 0.385. The molecular weight excluding hydrogens is 246 g/mol. The average molecular weight is 263 g/mol. The first-order chi connectivity index (χ1) is 9.01. The minimum Gasteiger partial charge on any atom is -0.497 e. The molecule has 2 amide bonds. The predicted octanol–water partition coefficient (Wildman–Crippen LogP) is 0.192. The van der Waals surface area contributed by atoms with Gasteiger partial charge in [0.2, 0.25) is 5.91 Å². The molecule has 0 aromatic heterocycles. The van der Waals surface area contributed by atoms with Crippen molar-refractivity contribution in [2.45, 2.75) is 0 Å². The van der Waals surface area contributed by atoms with E-state index < -0.39 is 0 Å². The van der Waals surface area contributed by atoms with Crippen LogP contribution in [0.1, 0.15) is 10.4 Å². The van der Waals surface area contributed by atoms with Crippen molar-refractivity contribution < 1.29 is 14.3 Å². The fourth-order valence-electron chi connectivity index (χ4n) is 1.98. The Hall–Kier alpha value is -2.24. The lowest BCUT2D eigenvalue weighted by Gasteiger charge is -2.32. The maximum Gasteiger partial charge on any atom is 0.254 e. The molecule has 0 bridgehead atoms.